The predicted molar refractivity (Wildman–Crippen MR) is 80.2 cm³/mol. The summed E-state index contributed by atoms with van der Waals surface area (Å²) in [7, 11) is 0. The summed E-state index contributed by atoms with van der Waals surface area (Å²) in [4.78, 5) is 11.1. The van der Waals surface area contributed by atoms with E-state index in [9.17, 15) is 4.79 Å². The Hall–Kier alpha value is -1.57. The molecular weight excluding hydrogens is 236 g/mol. The van der Waals surface area contributed by atoms with Gasteiger partial charge < -0.3 is 4.74 Å². The van der Waals surface area contributed by atoms with Crippen molar-refractivity contribution in [2.45, 2.75) is 46.0 Å². The van der Waals surface area contributed by atoms with E-state index in [0.29, 0.717) is 18.6 Å². The zero-order chi connectivity index (χ0) is 14.5. The minimum Gasteiger partial charge on any atom is -0.493 e. The second-order valence-electron chi connectivity index (χ2n) is 5.77. The van der Waals surface area contributed by atoms with Gasteiger partial charge in [0.2, 0.25) is 0 Å². The van der Waals surface area contributed by atoms with Gasteiger partial charge >= 0.3 is 0 Å². The van der Waals surface area contributed by atoms with Crippen LogP contribution in [-0.2, 0) is 11.8 Å². The molecule has 2 heteroatoms. The first-order chi connectivity index (χ1) is 8.93. The molecule has 0 atom stereocenters. The largest absolute Gasteiger partial charge is 0.493 e. The zero-order valence-electron chi connectivity index (χ0n) is 12.5. The van der Waals surface area contributed by atoms with Crippen LogP contribution in [0.2, 0.25) is 0 Å². The average molecular weight is 260 g/mol. The molecule has 0 aliphatic carbocycles. The maximum absolute atomic E-state index is 11.1. The van der Waals surface area contributed by atoms with Gasteiger partial charge in [0, 0.05) is 11.1 Å². The fraction of sp³-hybridized carbons (Fsp3) is 0.471. The Morgan fingerprint density at radius 2 is 2.00 bits per heavy atom. The number of hydrogen-bond donors (Lipinski definition) is 0. The molecule has 0 N–H and O–H groups in total. The molecule has 0 aliphatic rings. The molecule has 0 amide bonds. The maximum Gasteiger partial charge on any atom is 0.150 e. The van der Waals surface area contributed by atoms with Crippen LogP contribution in [0.4, 0.5) is 0 Å². The van der Waals surface area contributed by atoms with Crippen LogP contribution in [0.5, 0.6) is 5.75 Å². The molecule has 0 saturated heterocycles. The number of carbonyl (C=O) groups excluding carboxylic acids is 1. The lowest BCUT2D eigenvalue weighted by Gasteiger charge is -2.25. The first-order valence-corrected chi connectivity index (χ1v) is 6.80. The van der Waals surface area contributed by atoms with E-state index in [2.05, 4.69) is 34.3 Å². The molecule has 1 rings (SSSR count). The van der Waals surface area contributed by atoms with Crippen molar-refractivity contribution in [3.05, 3.63) is 41.5 Å². The Labute approximate surface area is 116 Å². The summed E-state index contributed by atoms with van der Waals surface area (Å²) in [5.74, 6) is 0.917. The predicted octanol–water partition coefficient (Wildman–Crippen LogP) is 4.31. The number of ether oxygens (including phenoxy) is 1. The second kappa shape index (κ2) is 6.55. The third-order valence-corrected chi connectivity index (χ3v) is 2.95. The molecule has 0 fully saturated rings. The van der Waals surface area contributed by atoms with Crippen LogP contribution < -0.4 is 4.74 Å². The zero-order valence-corrected chi connectivity index (χ0v) is 12.5. The number of benzene rings is 1. The van der Waals surface area contributed by atoms with E-state index in [1.807, 2.05) is 18.2 Å². The monoisotopic (exact) mass is 260 g/mol. The van der Waals surface area contributed by atoms with Crippen molar-refractivity contribution < 1.29 is 9.53 Å². The van der Waals surface area contributed by atoms with Crippen LogP contribution in [0.3, 0.4) is 0 Å². The summed E-state index contributed by atoms with van der Waals surface area (Å²) in [6.45, 7) is 13.0. The lowest BCUT2D eigenvalue weighted by atomic mass is 9.83. The normalized spacial score (nSPS) is 11.2. The highest BCUT2D eigenvalue weighted by atomic mass is 16.5. The van der Waals surface area contributed by atoms with E-state index in [4.69, 9.17) is 4.74 Å². The van der Waals surface area contributed by atoms with Crippen LogP contribution in [0.1, 0.15) is 55.6 Å². The highest BCUT2D eigenvalue weighted by Crippen LogP contribution is 2.35. The molecular formula is C17H24O2. The smallest absolute Gasteiger partial charge is 0.150 e. The third kappa shape index (κ3) is 3.95. The van der Waals surface area contributed by atoms with Crippen molar-refractivity contribution in [2.75, 3.05) is 6.61 Å². The van der Waals surface area contributed by atoms with E-state index >= 15 is 0 Å². The molecule has 0 spiro atoms. The third-order valence-electron chi connectivity index (χ3n) is 2.95. The number of aldehydes is 1. The molecule has 0 radical (unpaired) electrons. The Balaban J connectivity index is 3.41. The van der Waals surface area contributed by atoms with E-state index in [-0.39, 0.29) is 5.41 Å². The van der Waals surface area contributed by atoms with Gasteiger partial charge in [0.1, 0.15) is 12.0 Å². The highest BCUT2D eigenvalue weighted by molar-refractivity contribution is 5.77. The molecule has 1 aromatic carbocycles. The van der Waals surface area contributed by atoms with Crippen LogP contribution in [-0.4, -0.2) is 12.9 Å². The molecule has 0 unspecified atom stereocenters. The lowest BCUT2D eigenvalue weighted by Crippen LogP contribution is -2.16. The molecule has 104 valence electrons. The van der Waals surface area contributed by atoms with Crippen molar-refractivity contribution in [2.24, 2.45) is 0 Å². The summed E-state index contributed by atoms with van der Waals surface area (Å²) in [6, 6.07) is 3.83. The van der Waals surface area contributed by atoms with Gasteiger partial charge in [0.15, 0.2) is 0 Å². The van der Waals surface area contributed by atoms with E-state index < -0.39 is 0 Å². The van der Waals surface area contributed by atoms with Crippen molar-refractivity contribution in [1.29, 1.82) is 0 Å². The van der Waals surface area contributed by atoms with Gasteiger partial charge in [-0.15, -0.1) is 6.58 Å². The standard InChI is InChI=1S/C17H24O2/c1-6-8-14-10-13(12-18)11-15(17(3,4)5)16(14)19-9-7-2/h6,10-12H,1,7-9H2,2-5H3. The molecule has 0 saturated carbocycles. The molecule has 0 heterocycles. The van der Waals surface area contributed by atoms with Crippen LogP contribution >= 0.6 is 0 Å². The Kier molecular flexibility index (Phi) is 5.34. The van der Waals surface area contributed by atoms with Crippen molar-refractivity contribution in [3.63, 3.8) is 0 Å². The number of allylic oxidation sites excluding steroid dienone is 1. The molecule has 0 bridgehead atoms. The first kappa shape index (κ1) is 15.5. The van der Waals surface area contributed by atoms with Gasteiger partial charge in [0.05, 0.1) is 6.61 Å². The van der Waals surface area contributed by atoms with Gasteiger partial charge in [-0.3, -0.25) is 4.79 Å². The van der Waals surface area contributed by atoms with Gasteiger partial charge in [-0.2, -0.15) is 0 Å². The summed E-state index contributed by atoms with van der Waals surface area (Å²) in [5.41, 5.74) is 2.77. The van der Waals surface area contributed by atoms with Crippen molar-refractivity contribution in [3.8, 4) is 5.75 Å². The molecule has 0 aromatic heterocycles. The van der Waals surface area contributed by atoms with Crippen LogP contribution in [0, 0.1) is 0 Å². The van der Waals surface area contributed by atoms with E-state index in [0.717, 1.165) is 29.6 Å². The summed E-state index contributed by atoms with van der Waals surface area (Å²) < 4.78 is 5.93. The Morgan fingerprint density at radius 1 is 1.32 bits per heavy atom. The highest BCUT2D eigenvalue weighted by Gasteiger charge is 2.22. The Bertz CT molecular complexity index is 453. The topological polar surface area (TPSA) is 26.3 Å². The van der Waals surface area contributed by atoms with Gasteiger partial charge in [-0.25, -0.2) is 0 Å². The first-order valence-electron chi connectivity index (χ1n) is 6.80. The number of rotatable bonds is 6. The van der Waals surface area contributed by atoms with E-state index in [1.54, 1.807) is 0 Å². The minimum atomic E-state index is -0.0575. The summed E-state index contributed by atoms with van der Waals surface area (Å²) >= 11 is 0. The minimum absolute atomic E-state index is 0.0575. The van der Waals surface area contributed by atoms with Gasteiger partial charge in [-0.1, -0.05) is 33.8 Å². The second-order valence-corrected chi connectivity index (χ2v) is 5.77. The Morgan fingerprint density at radius 3 is 2.47 bits per heavy atom. The fourth-order valence-corrected chi connectivity index (χ4v) is 2.02. The fourth-order valence-electron chi connectivity index (χ4n) is 2.02. The van der Waals surface area contributed by atoms with Crippen molar-refractivity contribution >= 4 is 6.29 Å². The molecule has 2 nitrogen and oxygen atoms in total. The quantitative estimate of drug-likeness (QED) is 0.562. The lowest BCUT2D eigenvalue weighted by molar-refractivity contribution is 0.112. The molecule has 19 heavy (non-hydrogen) atoms. The SMILES string of the molecule is C=CCc1cc(C=O)cc(C(C)(C)C)c1OCCC. The maximum atomic E-state index is 11.1. The van der Waals surface area contributed by atoms with Gasteiger partial charge in [0.25, 0.3) is 0 Å². The summed E-state index contributed by atoms with van der Waals surface area (Å²) in [6.07, 6.45) is 4.41. The van der Waals surface area contributed by atoms with E-state index in [1.165, 1.54) is 0 Å². The van der Waals surface area contributed by atoms with Crippen molar-refractivity contribution in [1.82, 2.24) is 0 Å². The number of hydrogen-bond acceptors (Lipinski definition) is 2. The molecule has 0 aliphatic heterocycles. The molecule has 1 aromatic rings. The van der Waals surface area contributed by atoms with Crippen LogP contribution in [0.25, 0.3) is 0 Å². The summed E-state index contributed by atoms with van der Waals surface area (Å²) in [5, 5.41) is 0. The average Bonchev–Trinajstić information content (AvgIpc) is 2.35. The number of carbonyl (C=O) groups is 1. The van der Waals surface area contributed by atoms with Crippen LogP contribution in [0.15, 0.2) is 24.8 Å². The van der Waals surface area contributed by atoms with Gasteiger partial charge in [-0.05, 0) is 36.0 Å².